The topological polar surface area (TPSA) is 62.6 Å². The van der Waals surface area contributed by atoms with Crippen molar-refractivity contribution in [2.45, 2.75) is 39.3 Å². The van der Waals surface area contributed by atoms with Crippen LogP contribution in [0.2, 0.25) is 0 Å². The van der Waals surface area contributed by atoms with Gasteiger partial charge in [-0.05, 0) is 24.5 Å². The first-order chi connectivity index (χ1) is 9.99. The predicted octanol–water partition coefficient (Wildman–Crippen LogP) is 1.88. The molecule has 1 saturated heterocycles. The molecule has 116 valence electrons. The van der Waals surface area contributed by atoms with E-state index >= 15 is 0 Å². The van der Waals surface area contributed by atoms with E-state index in [1.54, 1.807) is 35.3 Å². The van der Waals surface area contributed by atoms with Gasteiger partial charge in [-0.3, -0.25) is 9.59 Å². The van der Waals surface area contributed by atoms with E-state index in [9.17, 15) is 9.59 Å². The molecule has 5 nitrogen and oxygen atoms in total. The first-order valence-electron chi connectivity index (χ1n) is 7.17. The summed E-state index contributed by atoms with van der Waals surface area (Å²) in [4.78, 5) is 26.3. The summed E-state index contributed by atoms with van der Waals surface area (Å²) >= 11 is 1.62. The Hall–Kier alpha value is -1.43. The molecule has 1 aliphatic heterocycles. The summed E-state index contributed by atoms with van der Waals surface area (Å²) in [6.07, 6.45) is 3.40. The summed E-state index contributed by atoms with van der Waals surface area (Å²) in [6, 6.07) is 1.52. The van der Waals surface area contributed by atoms with Gasteiger partial charge in [-0.15, -0.1) is 11.8 Å². The van der Waals surface area contributed by atoms with Crippen molar-refractivity contribution in [3.05, 3.63) is 24.2 Å². The highest BCUT2D eigenvalue weighted by molar-refractivity contribution is 7.99. The van der Waals surface area contributed by atoms with E-state index in [0.29, 0.717) is 17.5 Å². The Labute approximate surface area is 129 Å². The highest BCUT2D eigenvalue weighted by Gasteiger charge is 2.35. The molecule has 1 aromatic heterocycles. The minimum absolute atomic E-state index is 0.0289. The molecule has 0 aliphatic carbocycles. The van der Waals surface area contributed by atoms with E-state index in [1.165, 1.54) is 0 Å². The maximum atomic E-state index is 12.3. The lowest BCUT2D eigenvalue weighted by Gasteiger charge is -2.25. The van der Waals surface area contributed by atoms with Crippen molar-refractivity contribution in [2.75, 3.05) is 11.6 Å². The van der Waals surface area contributed by atoms with Crippen molar-refractivity contribution in [2.24, 2.45) is 5.92 Å². The number of nitrogens with one attached hydrogen (secondary N) is 1. The molecule has 1 N–H and O–H groups in total. The van der Waals surface area contributed by atoms with Crippen LogP contribution >= 0.6 is 11.8 Å². The fourth-order valence-electron chi connectivity index (χ4n) is 2.06. The lowest BCUT2D eigenvalue weighted by molar-refractivity contribution is -0.137. The molecule has 0 spiro atoms. The van der Waals surface area contributed by atoms with Gasteiger partial charge in [0.15, 0.2) is 0 Å². The number of carbonyl (C=O) groups excluding carboxylic acids is 2. The monoisotopic (exact) mass is 310 g/mol. The summed E-state index contributed by atoms with van der Waals surface area (Å²) < 4.78 is 4.98. The van der Waals surface area contributed by atoms with Gasteiger partial charge >= 0.3 is 0 Å². The Kier molecular flexibility index (Phi) is 5.33. The van der Waals surface area contributed by atoms with Crippen molar-refractivity contribution >= 4 is 23.6 Å². The smallest absolute Gasteiger partial charge is 0.243 e. The summed E-state index contributed by atoms with van der Waals surface area (Å²) in [7, 11) is 0. The molecule has 0 radical (unpaired) electrons. The molecule has 2 amide bonds. The Bertz CT molecular complexity index is 487. The maximum Gasteiger partial charge on any atom is 0.243 e. The second kappa shape index (κ2) is 7.02. The van der Waals surface area contributed by atoms with Gasteiger partial charge in [-0.25, -0.2) is 0 Å². The summed E-state index contributed by atoms with van der Waals surface area (Å²) in [5, 5.41) is 3.00. The molecule has 1 aromatic rings. The molecule has 1 aliphatic rings. The lowest BCUT2D eigenvalue weighted by atomic mass is 10.1. The first-order valence-corrected chi connectivity index (χ1v) is 8.33. The zero-order valence-electron chi connectivity index (χ0n) is 12.7. The van der Waals surface area contributed by atoms with Crippen LogP contribution in [0.1, 0.15) is 26.3 Å². The number of carbonyl (C=O) groups is 2. The van der Waals surface area contributed by atoms with Crippen LogP contribution in [0, 0.1) is 5.92 Å². The average Bonchev–Trinajstić information content (AvgIpc) is 3.08. The molecule has 21 heavy (non-hydrogen) atoms. The highest BCUT2D eigenvalue weighted by atomic mass is 32.2. The van der Waals surface area contributed by atoms with Gasteiger partial charge in [-0.1, -0.05) is 13.8 Å². The van der Waals surface area contributed by atoms with Gasteiger partial charge in [0.25, 0.3) is 0 Å². The first kappa shape index (κ1) is 15.9. The van der Waals surface area contributed by atoms with Crippen molar-refractivity contribution in [1.82, 2.24) is 10.2 Å². The molecule has 2 rings (SSSR count). The minimum Gasteiger partial charge on any atom is -0.472 e. The molecule has 0 aromatic carbocycles. The third-order valence-corrected chi connectivity index (χ3v) is 4.82. The van der Waals surface area contributed by atoms with Crippen molar-refractivity contribution in [3.63, 3.8) is 0 Å². The van der Waals surface area contributed by atoms with Crippen molar-refractivity contribution in [3.8, 4) is 0 Å². The second-order valence-corrected chi connectivity index (χ2v) is 6.73. The molecule has 0 bridgehead atoms. The zero-order chi connectivity index (χ0) is 15.4. The number of thioether (sulfide) groups is 1. The lowest BCUT2D eigenvalue weighted by Crippen LogP contribution is -2.50. The van der Waals surface area contributed by atoms with E-state index in [-0.39, 0.29) is 30.3 Å². The Morgan fingerprint density at radius 2 is 2.24 bits per heavy atom. The van der Waals surface area contributed by atoms with Crippen LogP contribution in [0.25, 0.3) is 0 Å². The molecule has 2 atom stereocenters. The van der Waals surface area contributed by atoms with E-state index in [4.69, 9.17) is 4.42 Å². The molecular weight excluding hydrogens is 288 g/mol. The average molecular weight is 310 g/mol. The van der Waals surface area contributed by atoms with Crippen molar-refractivity contribution < 1.29 is 14.0 Å². The van der Waals surface area contributed by atoms with Gasteiger partial charge in [0.2, 0.25) is 11.8 Å². The standard InChI is InChI=1S/C15H22N2O3S/c1-10(2)11(3)16-15(19)13-8-21-9-17(13)14(18)6-12-4-5-20-7-12/h4-5,7,10-11,13H,6,8-9H2,1-3H3,(H,16,19). The van der Waals surface area contributed by atoms with Crippen LogP contribution in [0.4, 0.5) is 0 Å². The third-order valence-electron chi connectivity index (χ3n) is 3.81. The van der Waals surface area contributed by atoms with Gasteiger partial charge in [0.05, 0.1) is 24.8 Å². The van der Waals surface area contributed by atoms with E-state index < -0.39 is 0 Å². The van der Waals surface area contributed by atoms with Crippen LogP contribution in [0.3, 0.4) is 0 Å². The number of hydrogen-bond acceptors (Lipinski definition) is 4. The normalized spacial score (nSPS) is 19.8. The van der Waals surface area contributed by atoms with Crippen LogP contribution in [0.5, 0.6) is 0 Å². The third kappa shape index (κ3) is 4.03. The molecule has 2 unspecified atom stereocenters. The van der Waals surface area contributed by atoms with Crippen molar-refractivity contribution in [1.29, 1.82) is 0 Å². The van der Waals surface area contributed by atoms with Gasteiger partial charge in [0.1, 0.15) is 6.04 Å². The SMILES string of the molecule is CC(C)C(C)NC(=O)C1CSCN1C(=O)Cc1ccoc1. The molecule has 1 fully saturated rings. The van der Waals surface area contributed by atoms with Gasteiger partial charge in [-0.2, -0.15) is 0 Å². The summed E-state index contributed by atoms with van der Waals surface area (Å²) in [5.74, 6) is 1.53. The fourth-order valence-corrected chi connectivity index (χ4v) is 3.24. The molecule has 2 heterocycles. The Morgan fingerprint density at radius 1 is 1.48 bits per heavy atom. The van der Waals surface area contributed by atoms with E-state index in [2.05, 4.69) is 19.2 Å². The quantitative estimate of drug-likeness (QED) is 0.902. The number of furan rings is 1. The Morgan fingerprint density at radius 3 is 2.86 bits per heavy atom. The molecule has 6 heteroatoms. The van der Waals surface area contributed by atoms with E-state index in [0.717, 1.165) is 5.56 Å². The number of rotatable bonds is 5. The minimum atomic E-state index is -0.365. The second-order valence-electron chi connectivity index (χ2n) is 5.73. The fraction of sp³-hybridized carbons (Fsp3) is 0.600. The van der Waals surface area contributed by atoms with Crippen LogP contribution < -0.4 is 5.32 Å². The number of amides is 2. The van der Waals surface area contributed by atoms with E-state index in [1.807, 2.05) is 6.92 Å². The van der Waals surface area contributed by atoms with Crippen LogP contribution in [0.15, 0.2) is 23.0 Å². The number of nitrogens with zero attached hydrogens (tertiary/aromatic N) is 1. The van der Waals surface area contributed by atoms with Crippen LogP contribution in [-0.2, 0) is 16.0 Å². The predicted molar refractivity (Wildman–Crippen MR) is 82.8 cm³/mol. The highest BCUT2D eigenvalue weighted by Crippen LogP contribution is 2.22. The summed E-state index contributed by atoms with van der Waals surface area (Å²) in [6.45, 7) is 6.12. The largest absolute Gasteiger partial charge is 0.472 e. The molecular formula is C15H22N2O3S. The van der Waals surface area contributed by atoms with Crippen LogP contribution in [-0.4, -0.2) is 40.4 Å². The van der Waals surface area contributed by atoms with Gasteiger partial charge in [0, 0.05) is 11.8 Å². The zero-order valence-corrected chi connectivity index (χ0v) is 13.5. The summed E-state index contributed by atoms with van der Waals surface area (Å²) in [5.41, 5.74) is 0.839. The Balaban J connectivity index is 1.96. The maximum absolute atomic E-state index is 12.3. The van der Waals surface area contributed by atoms with Gasteiger partial charge < -0.3 is 14.6 Å². The molecule has 0 saturated carbocycles. The number of hydrogen-bond donors (Lipinski definition) is 1.